The third kappa shape index (κ3) is 7.46. The van der Waals surface area contributed by atoms with E-state index in [2.05, 4.69) is 10.6 Å². The SMILES string of the molecule is CC(C)(C)NCCC(=O)N[C@@H](Cc1ccccc1)C(=O)O. The van der Waals surface area contributed by atoms with Crippen LogP contribution in [0.3, 0.4) is 0 Å². The molecule has 0 spiro atoms. The molecule has 0 aliphatic rings. The van der Waals surface area contributed by atoms with Crippen LogP contribution in [0.4, 0.5) is 0 Å². The molecule has 0 saturated heterocycles. The Kier molecular flexibility index (Phi) is 6.37. The van der Waals surface area contributed by atoms with Crippen LogP contribution < -0.4 is 10.6 Å². The first-order chi connectivity index (χ1) is 9.78. The van der Waals surface area contributed by atoms with Crippen LogP contribution in [0.5, 0.6) is 0 Å². The van der Waals surface area contributed by atoms with Gasteiger partial charge in [0.1, 0.15) is 6.04 Å². The Bertz CT molecular complexity index is 466. The second-order valence-electron chi connectivity index (χ2n) is 6.07. The summed E-state index contributed by atoms with van der Waals surface area (Å²) in [4.78, 5) is 23.1. The van der Waals surface area contributed by atoms with E-state index < -0.39 is 12.0 Å². The summed E-state index contributed by atoms with van der Waals surface area (Å²) in [5.41, 5.74) is 0.828. The van der Waals surface area contributed by atoms with E-state index in [4.69, 9.17) is 0 Å². The minimum absolute atomic E-state index is 0.0590. The van der Waals surface area contributed by atoms with Gasteiger partial charge in [0.25, 0.3) is 0 Å². The minimum Gasteiger partial charge on any atom is -0.480 e. The van der Waals surface area contributed by atoms with Crippen molar-refractivity contribution < 1.29 is 14.7 Å². The number of carboxylic acids is 1. The van der Waals surface area contributed by atoms with Gasteiger partial charge in [0, 0.05) is 24.9 Å². The van der Waals surface area contributed by atoms with Crippen LogP contribution in [0.15, 0.2) is 30.3 Å². The Labute approximate surface area is 125 Å². The summed E-state index contributed by atoms with van der Waals surface area (Å²) in [7, 11) is 0. The molecular weight excluding hydrogens is 268 g/mol. The fourth-order valence-electron chi connectivity index (χ4n) is 1.87. The van der Waals surface area contributed by atoms with Crippen molar-refractivity contribution in [1.82, 2.24) is 10.6 Å². The summed E-state index contributed by atoms with van der Waals surface area (Å²) in [6.45, 7) is 6.56. The van der Waals surface area contributed by atoms with Crippen LogP contribution in [0, 0.1) is 0 Å². The van der Waals surface area contributed by atoms with Gasteiger partial charge in [0.15, 0.2) is 0 Å². The molecule has 0 aliphatic heterocycles. The highest BCUT2D eigenvalue weighted by molar-refractivity contribution is 5.83. The maximum Gasteiger partial charge on any atom is 0.326 e. The lowest BCUT2D eigenvalue weighted by Crippen LogP contribution is -2.44. The predicted octanol–water partition coefficient (Wildman–Crippen LogP) is 1.58. The highest BCUT2D eigenvalue weighted by Gasteiger charge is 2.20. The normalized spacial score (nSPS) is 12.7. The average molecular weight is 292 g/mol. The summed E-state index contributed by atoms with van der Waals surface area (Å²) in [5, 5.41) is 15.0. The number of hydrogen-bond acceptors (Lipinski definition) is 3. The molecule has 3 N–H and O–H groups in total. The monoisotopic (exact) mass is 292 g/mol. The number of carbonyl (C=O) groups excluding carboxylic acids is 1. The zero-order valence-electron chi connectivity index (χ0n) is 12.8. The fourth-order valence-corrected chi connectivity index (χ4v) is 1.87. The standard InChI is InChI=1S/C16H24N2O3/c1-16(2,3)17-10-9-14(19)18-13(15(20)21)11-12-7-5-4-6-8-12/h4-8,13,17H,9-11H2,1-3H3,(H,18,19)(H,20,21)/t13-/m0/s1. The first-order valence-electron chi connectivity index (χ1n) is 7.09. The van der Waals surface area contributed by atoms with E-state index in [1.165, 1.54) is 0 Å². The number of nitrogens with one attached hydrogen (secondary N) is 2. The molecule has 116 valence electrons. The van der Waals surface area contributed by atoms with E-state index in [0.29, 0.717) is 6.54 Å². The minimum atomic E-state index is -1.02. The molecule has 1 aromatic rings. The van der Waals surface area contributed by atoms with Crippen LogP contribution in [-0.2, 0) is 16.0 Å². The topological polar surface area (TPSA) is 78.4 Å². The number of amides is 1. The predicted molar refractivity (Wildman–Crippen MR) is 82.1 cm³/mol. The second kappa shape index (κ2) is 7.78. The van der Waals surface area contributed by atoms with E-state index in [1.54, 1.807) is 0 Å². The summed E-state index contributed by atoms with van der Waals surface area (Å²) >= 11 is 0. The van der Waals surface area contributed by atoms with Crippen molar-refractivity contribution in [2.75, 3.05) is 6.54 Å². The van der Waals surface area contributed by atoms with E-state index in [0.717, 1.165) is 5.56 Å². The van der Waals surface area contributed by atoms with Gasteiger partial charge in [-0.05, 0) is 26.3 Å². The van der Waals surface area contributed by atoms with E-state index in [1.807, 2.05) is 51.1 Å². The molecule has 1 atom stereocenters. The molecule has 0 aliphatic carbocycles. The van der Waals surface area contributed by atoms with Crippen LogP contribution in [-0.4, -0.2) is 35.1 Å². The fraction of sp³-hybridized carbons (Fsp3) is 0.500. The third-order valence-corrected chi connectivity index (χ3v) is 2.92. The zero-order chi connectivity index (χ0) is 15.9. The van der Waals surface area contributed by atoms with Gasteiger partial charge in [0.2, 0.25) is 5.91 Å². The van der Waals surface area contributed by atoms with E-state index in [9.17, 15) is 14.7 Å². The lowest BCUT2D eigenvalue weighted by atomic mass is 10.1. The van der Waals surface area contributed by atoms with Gasteiger partial charge < -0.3 is 15.7 Å². The maximum absolute atomic E-state index is 11.8. The van der Waals surface area contributed by atoms with Gasteiger partial charge in [0.05, 0.1) is 0 Å². The third-order valence-electron chi connectivity index (χ3n) is 2.92. The molecule has 0 saturated carbocycles. The largest absolute Gasteiger partial charge is 0.480 e. The number of aliphatic carboxylic acids is 1. The average Bonchev–Trinajstić information content (AvgIpc) is 2.37. The molecule has 0 bridgehead atoms. The van der Waals surface area contributed by atoms with Gasteiger partial charge >= 0.3 is 5.97 Å². The van der Waals surface area contributed by atoms with Crippen molar-refractivity contribution in [3.8, 4) is 0 Å². The molecule has 21 heavy (non-hydrogen) atoms. The van der Waals surface area contributed by atoms with E-state index >= 15 is 0 Å². The molecule has 0 fully saturated rings. The van der Waals surface area contributed by atoms with Gasteiger partial charge in [-0.25, -0.2) is 4.79 Å². The van der Waals surface area contributed by atoms with Crippen molar-refractivity contribution in [2.24, 2.45) is 0 Å². The quantitative estimate of drug-likeness (QED) is 0.713. The van der Waals surface area contributed by atoms with Crippen molar-refractivity contribution in [3.05, 3.63) is 35.9 Å². The van der Waals surface area contributed by atoms with E-state index in [-0.39, 0.29) is 24.3 Å². The molecule has 1 amide bonds. The first kappa shape index (κ1) is 17.2. The first-order valence-corrected chi connectivity index (χ1v) is 7.09. The van der Waals surface area contributed by atoms with Crippen molar-refractivity contribution in [2.45, 2.75) is 45.2 Å². The Morgan fingerprint density at radius 2 is 1.81 bits per heavy atom. The molecule has 5 heteroatoms. The van der Waals surface area contributed by atoms with Gasteiger partial charge in [-0.1, -0.05) is 30.3 Å². The Balaban J connectivity index is 2.47. The van der Waals surface area contributed by atoms with Crippen LogP contribution >= 0.6 is 0 Å². The van der Waals surface area contributed by atoms with Gasteiger partial charge in [-0.15, -0.1) is 0 Å². The van der Waals surface area contributed by atoms with Crippen LogP contribution in [0.2, 0.25) is 0 Å². The number of carbonyl (C=O) groups is 2. The smallest absolute Gasteiger partial charge is 0.326 e. The van der Waals surface area contributed by atoms with Gasteiger partial charge in [-0.3, -0.25) is 4.79 Å². The summed E-state index contributed by atoms with van der Waals surface area (Å²) in [6.07, 6.45) is 0.546. The summed E-state index contributed by atoms with van der Waals surface area (Å²) < 4.78 is 0. The Morgan fingerprint density at radius 3 is 2.33 bits per heavy atom. The van der Waals surface area contributed by atoms with Gasteiger partial charge in [-0.2, -0.15) is 0 Å². The number of benzene rings is 1. The molecule has 0 heterocycles. The highest BCUT2D eigenvalue weighted by Crippen LogP contribution is 2.04. The van der Waals surface area contributed by atoms with Crippen molar-refractivity contribution >= 4 is 11.9 Å². The molecular formula is C16H24N2O3. The maximum atomic E-state index is 11.8. The van der Waals surface area contributed by atoms with Crippen LogP contribution in [0.25, 0.3) is 0 Å². The molecule has 1 aromatic carbocycles. The summed E-state index contributed by atoms with van der Waals surface area (Å²) in [6, 6.07) is 8.38. The number of rotatable bonds is 7. The number of hydrogen-bond donors (Lipinski definition) is 3. The van der Waals surface area contributed by atoms with Crippen molar-refractivity contribution in [1.29, 1.82) is 0 Å². The second-order valence-corrected chi connectivity index (χ2v) is 6.07. The molecule has 5 nitrogen and oxygen atoms in total. The Morgan fingerprint density at radius 1 is 1.19 bits per heavy atom. The molecule has 1 rings (SSSR count). The lowest BCUT2D eigenvalue weighted by molar-refractivity contribution is -0.141. The molecule has 0 aromatic heterocycles. The molecule has 0 radical (unpaired) electrons. The van der Waals surface area contributed by atoms with Crippen molar-refractivity contribution in [3.63, 3.8) is 0 Å². The molecule has 0 unspecified atom stereocenters. The highest BCUT2D eigenvalue weighted by atomic mass is 16.4. The van der Waals surface area contributed by atoms with Crippen LogP contribution in [0.1, 0.15) is 32.8 Å². The zero-order valence-corrected chi connectivity index (χ0v) is 12.8. The lowest BCUT2D eigenvalue weighted by Gasteiger charge is -2.20. The summed E-state index contributed by atoms with van der Waals surface area (Å²) in [5.74, 6) is -1.27. The number of carboxylic acid groups (broad SMARTS) is 1. The Hall–Kier alpha value is -1.88.